The number of anilines is 2. The van der Waals surface area contributed by atoms with Crippen LogP contribution >= 0.6 is 0 Å². The third-order valence-corrected chi connectivity index (χ3v) is 3.51. The van der Waals surface area contributed by atoms with E-state index in [9.17, 15) is 0 Å². The van der Waals surface area contributed by atoms with Crippen molar-refractivity contribution < 1.29 is 0 Å². The van der Waals surface area contributed by atoms with Gasteiger partial charge in [0.1, 0.15) is 5.82 Å². The minimum atomic E-state index is 0.846. The van der Waals surface area contributed by atoms with E-state index in [-0.39, 0.29) is 0 Å². The van der Waals surface area contributed by atoms with Crippen LogP contribution in [0.2, 0.25) is 0 Å². The van der Waals surface area contributed by atoms with Gasteiger partial charge in [0.2, 0.25) is 0 Å². The molecule has 0 saturated carbocycles. The minimum absolute atomic E-state index is 0.846. The van der Waals surface area contributed by atoms with Crippen molar-refractivity contribution >= 4 is 27.9 Å². The van der Waals surface area contributed by atoms with Gasteiger partial charge in [-0.1, -0.05) is 30.3 Å². The molecule has 0 aliphatic heterocycles. The Balaban J connectivity index is 1.80. The molecule has 0 unspecified atom stereocenters. The van der Waals surface area contributed by atoms with Crippen LogP contribution in [0.1, 0.15) is 5.69 Å². The molecule has 0 amide bonds. The van der Waals surface area contributed by atoms with Crippen molar-refractivity contribution in [2.24, 2.45) is 0 Å². The lowest BCUT2D eigenvalue weighted by Crippen LogP contribution is -2.02. The van der Waals surface area contributed by atoms with Gasteiger partial charge in [-0.2, -0.15) is 9.61 Å². The second kappa shape index (κ2) is 4.59. The lowest BCUT2D eigenvalue weighted by molar-refractivity contribution is 0.938. The topological polar surface area (TPSA) is 42.2 Å². The summed E-state index contributed by atoms with van der Waals surface area (Å²) < 4.78 is 1.81. The molecule has 4 nitrogen and oxygen atoms in total. The average Bonchev–Trinajstić information content (AvgIpc) is 2.95. The molecule has 0 spiro atoms. The van der Waals surface area contributed by atoms with Gasteiger partial charge in [-0.3, -0.25) is 0 Å². The van der Waals surface area contributed by atoms with Crippen LogP contribution in [0.25, 0.3) is 16.4 Å². The fourth-order valence-corrected chi connectivity index (χ4v) is 2.54. The van der Waals surface area contributed by atoms with Gasteiger partial charge in [0, 0.05) is 23.5 Å². The average molecular weight is 274 g/mol. The number of rotatable bonds is 2. The van der Waals surface area contributed by atoms with Crippen LogP contribution in [-0.4, -0.2) is 14.6 Å². The SMILES string of the molecule is Cc1cc(Nc2ccc3ccccc3c2)n2nccc2n1. The Kier molecular flexibility index (Phi) is 2.60. The van der Waals surface area contributed by atoms with E-state index < -0.39 is 0 Å². The molecule has 2 aromatic carbocycles. The first-order chi connectivity index (χ1) is 10.3. The number of benzene rings is 2. The van der Waals surface area contributed by atoms with Crippen molar-refractivity contribution in [2.45, 2.75) is 6.92 Å². The highest BCUT2D eigenvalue weighted by molar-refractivity contribution is 5.86. The van der Waals surface area contributed by atoms with Gasteiger partial charge >= 0.3 is 0 Å². The van der Waals surface area contributed by atoms with Crippen LogP contribution in [0, 0.1) is 6.92 Å². The normalized spacial score (nSPS) is 11.1. The summed E-state index contributed by atoms with van der Waals surface area (Å²) in [5.74, 6) is 0.915. The maximum absolute atomic E-state index is 4.45. The summed E-state index contributed by atoms with van der Waals surface area (Å²) in [6.45, 7) is 1.98. The number of hydrogen-bond acceptors (Lipinski definition) is 3. The summed E-state index contributed by atoms with van der Waals surface area (Å²) in [7, 11) is 0. The summed E-state index contributed by atoms with van der Waals surface area (Å²) in [5.41, 5.74) is 2.85. The van der Waals surface area contributed by atoms with Gasteiger partial charge in [-0.25, -0.2) is 4.98 Å². The third kappa shape index (κ3) is 2.10. The molecule has 0 saturated heterocycles. The maximum atomic E-state index is 4.45. The molecule has 4 aromatic rings. The summed E-state index contributed by atoms with van der Waals surface area (Å²) in [6.07, 6.45) is 1.76. The lowest BCUT2D eigenvalue weighted by Gasteiger charge is -2.10. The molecule has 4 rings (SSSR count). The predicted octanol–water partition coefficient (Wildman–Crippen LogP) is 3.93. The zero-order chi connectivity index (χ0) is 14.2. The highest BCUT2D eigenvalue weighted by atomic mass is 15.3. The Morgan fingerprint density at radius 2 is 1.81 bits per heavy atom. The van der Waals surface area contributed by atoms with Crippen LogP contribution in [0.3, 0.4) is 0 Å². The van der Waals surface area contributed by atoms with E-state index in [1.54, 1.807) is 6.20 Å². The Morgan fingerprint density at radius 1 is 0.952 bits per heavy atom. The van der Waals surface area contributed by atoms with Gasteiger partial charge in [0.15, 0.2) is 5.65 Å². The van der Waals surface area contributed by atoms with Crippen LogP contribution < -0.4 is 5.32 Å². The minimum Gasteiger partial charge on any atom is -0.340 e. The van der Waals surface area contributed by atoms with Gasteiger partial charge in [0.05, 0.1) is 6.20 Å². The molecule has 4 heteroatoms. The fraction of sp³-hybridized carbons (Fsp3) is 0.0588. The van der Waals surface area contributed by atoms with Crippen molar-refractivity contribution in [2.75, 3.05) is 5.32 Å². The Labute approximate surface area is 122 Å². The largest absolute Gasteiger partial charge is 0.340 e. The maximum Gasteiger partial charge on any atom is 0.157 e. The van der Waals surface area contributed by atoms with E-state index in [0.717, 1.165) is 22.8 Å². The van der Waals surface area contributed by atoms with E-state index in [1.165, 1.54) is 10.8 Å². The van der Waals surface area contributed by atoms with Gasteiger partial charge in [-0.05, 0) is 29.8 Å². The zero-order valence-corrected chi connectivity index (χ0v) is 11.6. The van der Waals surface area contributed by atoms with Crippen molar-refractivity contribution in [1.82, 2.24) is 14.6 Å². The molecule has 0 fully saturated rings. The number of aryl methyl sites for hydroxylation is 1. The van der Waals surface area contributed by atoms with Gasteiger partial charge in [-0.15, -0.1) is 0 Å². The molecule has 1 N–H and O–H groups in total. The number of nitrogens with zero attached hydrogens (tertiary/aromatic N) is 3. The summed E-state index contributed by atoms with van der Waals surface area (Å²) >= 11 is 0. The molecular formula is C17H14N4. The number of nitrogens with one attached hydrogen (secondary N) is 1. The number of hydrogen-bond donors (Lipinski definition) is 1. The highest BCUT2D eigenvalue weighted by Gasteiger charge is 2.05. The van der Waals surface area contributed by atoms with E-state index in [1.807, 2.05) is 23.6 Å². The molecule has 0 aliphatic carbocycles. The Bertz CT molecular complexity index is 940. The standard InChI is InChI=1S/C17H14N4/c1-12-10-17(21-16(19-12)8-9-18-21)20-15-7-6-13-4-2-3-5-14(13)11-15/h2-11,20H,1H3. The summed E-state index contributed by atoms with van der Waals surface area (Å²) in [5, 5.41) is 10.2. The monoisotopic (exact) mass is 274 g/mol. The van der Waals surface area contributed by atoms with Crippen LogP contribution in [0.4, 0.5) is 11.5 Å². The van der Waals surface area contributed by atoms with Crippen molar-refractivity contribution in [3.05, 3.63) is 66.5 Å². The molecule has 2 heterocycles. The van der Waals surface area contributed by atoms with Crippen molar-refractivity contribution in [3.8, 4) is 0 Å². The fourth-order valence-electron chi connectivity index (χ4n) is 2.54. The summed E-state index contributed by atoms with van der Waals surface area (Å²) in [6, 6.07) is 18.6. The Morgan fingerprint density at radius 3 is 2.71 bits per heavy atom. The van der Waals surface area contributed by atoms with Crippen LogP contribution in [0.5, 0.6) is 0 Å². The van der Waals surface area contributed by atoms with E-state index in [4.69, 9.17) is 0 Å². The van der Waals surface area contributed by atoms with Crippen molar-refractivity contribution in [3.63, 3.8) is 0 Å². The molecule has 0 radical (unpaired) electrons. The lowest BCUT2D eigenvalue weighted by atomic mass is 10.1. The third-order valence-electron chi connectivity index (χ3n) is 3.51. The van der Waals surface area contributed by atoms with Crippen LogP contribution in [-0.2, 0) is 0 Å². The van der Waals surface area contributed by atoms with Gasteiger partial charge < -0.3 is 5.32 Å². The van der Waals surface area contributed by atoms with E-state index in [2.05, 4.69) is 57.9 Å². The van der Waals surface area contributed by atoms with Crippen LogP contribution in [0.15, 0.2) is 60.8 Å². The number of fused-ring (bicyclic) bond motifs is 2. The summed E-state index contributed by atoms with van der Waals surface area (Å²) in [4.78, 5) is 4.45. The van der Waals surface area contributed by atoms with Gasteiger partial charge in [0.25, 0.3) is 0 Å². The molecule has 21 heavy (non-hydrogen) atoms. The second-order valence-electron chi connectivity index (χ2n) is 5.07. The smallest absolute Gasteiger partial charge is 0.157 e. The quantitative estimate of drug-likeness (QED) is 0.602. The van der Waals surface area contributed by atoms with E-state index in [0.29, 0.717) is 0 Å². The first-order valence-electron chi connectivity index (χ1n) is 6.87. The molecule has 102 valence electrons. The number of aromatic nitrogens is 3. The Hall–Kier alpha value is -2.88. The predicted molar refractivity (Wildman–Crippen MR) is 85.0 cm³/mol. The van der Waals surface area contributed by atoms with Crippen molar-refractivity contribution in [1.29, 1.82) is 0 Å². The highest BCUT2D eigenvalue weighted by Crippen LogP contribution is 2.22. The first-order valence-corrected chi connectivity index (χ1v) is 6.87. The van der Waals surface area contributed by atoms with E-state index >= 15 is 0 Å². The first kappa shape index (κ1) is 11.9. The molecule has 0 aliphatic rings. The molecule has 2 aromatic heterocycles. The molecule has 0 bridgehead atoms. The second-order valence-corrected chi connectivity index (χ2v) is 5.07. The molecule has 0 atom stereocenters. The zero-order valence-electron chi connectivity index (χ0n) is 11.6. The molecular weight excluding hydrogens is 260 g/mol.